The molecule has 0 fully saturated rings. The Hall–Kier alpha value is -4.78. The molecule has 7 nitrogen and oxygen atoms in total. The zero-order valence-corrected chi connectivity index (χ0v) is 21.2. The molecule has 4 aromatic carbocycles. The van der Waals surface area contributed by atoms with Gasteiger partial charge in [0.1, 0.15) is 5.75 Å². The molecule has 0 atom stereocenters. The van der Waals surface area contributed by atoms with Crippen LogP contribution in [-0.4, -0.2) is 18.9 Å². The second-order valence-corrected chi connectivity index (χ2v) is 8.73. The summed E-state index contributed by atoms with van der Waals surface area (Å²) in [5, 5.41) is 14.5. The number of methoxy groups -OCH3 is 1. The first-order valence-electron chi connectivity index (χ1n) is 11.8. The summed E-state index contributed by atoms with van der Waals surface area (Å²) in [6.07, 6.45) is 0. The maximum Gasteiger partial charge on any atom is 0.255 e. The van der Waals surface area contributed by atoms with Gasteiger partial charge in [0.15, 0.2) is 0 Å². The molecule has 2 N–H and O–H groups in total. The molecular weight excluding hydrogens is 464 g/mol. The minimum atomic E-state index is -0.221. The van der Waals surface area contributed by atoms with Crippen molar-refractivity contribution in [3.63, 3.8) is 0 Å². The van der Waals surface area contributed by atoms with E-state index in [1.54, 1.807) is 54.6 Å². The van der Waals surface area contributed by atoms with Gasteiger partial charge < -0.3 is 15.4 Å². The van der Waals surface area contributed by atoms with Crippen LogP contribution in [0.3, 0.4) is 0 Å². The minimum Gasteiger partial charge on any atom is -0.494 e. The van der Waals surface area contributed by atoms with Gasteiger partial charge in [-0.05, 0) is 80.9 Å². The van der Waals surface area contributed by atoms with E-state index in [-0.39, 0.29) is 11.8 Å². The third-order valence-electron chi connectivity index (χ3n) is 5.79. The Morgan fingerprint density at radius 2 is 1.22 bits per heavy atom. The number of amides is 2. The van der Waals surface area contributed by atoms with Crippen molar-refractivity contribution in [1.82, 2.24) is 0 Å². The lowest BCUT2D eigenvalue weighted by atomic mass is 10.1. The number of hydrogen-bond donors (Lipinski definition) is 2. The Kier molecular flexibility index (Phi) is 7.74. The van der Waals surface area contributed by atoms with E-state index in [0.29, 0.717) is 39.6 Å². The van der Waals surface area contributed by atoms with Gasteiger partial charge >= 0.3 is 0 Å². The Bertz CT molecular complexity index is 1440. The van der Waals surface area contributed by atoms with E-state index in [1.807, 2.05) is 51.1 Å². The summed E-state index contributed by atoms with van der Waals surface area (Å²) in [6, 6.07) is 25.4. The average molecular weight is 493 g/mol. The number of carbonyl (C=O) groups excluding carboxylic acids is 2. The van der Waals surface area contributed by atoms with Gasteiger partial charge in [-0.3, -0.25) is 9.59 Å². The second-order valence-electron chi connectivity index (χ2n) is 8.73. The number of aryl methyl sites for hydroxylation is 3. The molecule has 0 heterocycles. The third-order valence-corrected chi connectivity index (χ3v) is 5.79. The first-order chi connectivity index (χ1) is 17.8. The number of benzene rings is 4. The summed E-state index contributed by atoms with van der Waals surface area (Å²) in [5.74, 6) is 0.0856. The van der Waals surface area contributed by atoms with Crippen LogP contribution in [0.2, 0.25) is 0 Å². The number of nitrogens with one attached hydrogen (secondary N) is 2. The molecule has 4 rings (SSSR count). The maximum absolute atomic E-state index is 12.7. The Morgan fingerprint density at radius 3 is 1.76 bits per heavy atom. The topological polar surface area (TPSA) is 92.2 Å². The molecule has 0 aliphatic rings. The van der Waals surface area contributed by atoms with Crippen LogP contribution in [-0.2, 0) is 0 Å². The molecule has 0 unspecified atom stereocenters. The highest BCUT2D eigenvalue weighted by Crippen LogP contribution is 2.34. The van der Waals surface area contributed by atoms with Crippen molar-refractivity contribution in [3.05, 3.63) is 113 Å². The van der Waals surface area contributed by atoms with Crippen molar-refractivity contribution in [3.8, 4) is 5.75 Å². The first kappa shape index (κ1) is 25.3. The lowest BCUT2D eigenvalue weighted by Crippen LogP contribution is -2.12. The number of anilines is 2. The van der Waals surface area contributed by atoms with Crippen LogP contribution in [0.1, 0.15) is 37.4 Å². The monoisotopic (exact) mass is 492 g/mol. The SMILES string of the molecule is COc1cc(N=Nc2ccc(NC(=O)c3ccc(C)cc3)cc2)c(C)cc1NC(=O)c1ccc(C)cc1. The van der Waals surface area contributed by atoms with Crippen molar-refractivity contribution >= 4 is 34.6 Å². The number of azo groups is 1. The fraction of sp³-hybridized carbons (Fsp3) is 0.133. The van der Waals surface area contributed by atoms with Crippen molar-refractivity contribution in [2.24, 2.45) is 10.2 Å². The van der Waals surface area contributed by atoms with E-state index < -0.39 is 0 Å². The van der Waals surface area contributed by atoms with Gasteiger partial charge in [-0.25, -0.2) is 0 Å². The summed E-state index contributed by atoms with van der Waals surface area (Å²) in [6.45, 7) is 5.84. The molecule has 2 amide bonds. The summed E-state index contributed by atoms with van der Waals surface area (Å²) in [5.41, 5.74) is 6.62. The van der Waals surface area contributed by atoms with Gasteiger partial charge in [-0.1, -0.05) is 35.4 Å². The molecule has 0 radical (unpaired) electrons. The molecule has 0 aliphatic heterocycles. The highest BCUT2D eigenvalue weighted by molar-refractivity contribution is 6.05. The van der Waals surface area contributed by atoms with Crippen LogP contribution in [0.25, 0.3) is 0 Å². The molecule has 0 saturated carbocycles. The summed E-state index contributed by atoms with van der Waals surface area (Å²) < 4.78 is 5.49. The quantitative estimate of drug-likeness (QED) is 0.261. The fourth-order valence-electron chi connectivity index (χ4n) is 3.58. The predicted molar refractivity (Wildman–Crippen MR) is 147 cm³/mol. The molecule has 0 saturated heterocycles. The van der Waals surface area contributed by atoms with Crippen LogP contribution in [0.5, 0.6) is 5.75 Å². The van der Waals surface area contributed by atoms with Crippen molar-refractivity contribution in [2.45, 2.75) is 20.8 Å². The lowest BCUT2D eigenvalue weighted by molar-refractivity contribution is 0.101. The summed E-state index contributed by atoms with van der Waals surface area (Å²) >= 11 is 0. The van der Waals surface area contributed by atoms with E-state index in [1.165, 1.54) is 7.11 Å². The van der Waals surface area contributed by atoms with Gasteiger partial charge in [-0.2, -0.15) is 10.2 Å². The minimum absolute atomic E-state index is 0.174. The first-order valence-corrected chi connectivity index (χ1v) is 11.8. The van der Waals surface area contributed by atoms with Gasteiger partial charge in [-0.15, -0.1) is 0 Å². The Morgan fingerprint density at radius 1 is 0.676 bits per heavy atom. The number of carbonyl (C=O) groups is 2. The molecule has 0 aromatic heterocycles. The van der Waals surface area contributed by atoms with Gasteiger partial charge in [0, 0.05) is 22.9 Å². The molecule has 4 aromatic rings. The Labute approximate surface area is 216 Å². The molecule has 186 valence electrons. The summed E-state index contributed by atoms with van der Waals surface area (Å²) in [7, 11) is 1.54. The van der Waals surface area contributed by atoms with E-state index in [4.69, 9.17) is 4.74 Å². The lowest BCUT2D eigenvalue weighted by Gasteiger charge is -2.13. The van der Waals surface area contributed by atoms with Crippen LogP contribution < -0.4 is 15.4 Å². The van der Waals surface area contributed by atoms with Crippen molar-refractivity contribution in [1.29, 1.82) is 0 Å². The average Bonchev–Trinajstić information content (AvgIpc) is 2.89. The van der Waals surface area contributed by atoms with Crippen molar-refractivity contribution < 1.29 is 14.3 Å². The maximum atomic E-state index is 12.7. The van der Waals surface area contributed by atoms with E-state index in [2.05, 4.69) is 20.9 Å². The Balaban J connectivity index is 1.44. The molecular formula is C30H28N4O3. The van der Waals surface area contributed by atoms with Crippen LogP contribution >= 0.6 is 0 Å². The van der Waals surface area contributed by atoms with E-state index in [9.17, 15) is 9.59 Å². The molecule has 0 aliphatic carbocycles. The zero-order valence-electron chi connectivity index (χ0n) is 21.2. The van der Waals surface area contributed by atoms with Crippen LogP contribution in [0.4, 0.5) is 22.7 Å². The zero-order chi connectivity index (χ0) is 26.4. The predicted octanol–water partition coefficient (Wildman–Crippen LogP) is 7.54. The fourth-order valence-corrected chi connectivity index (χ4v) is 3.58. The second kappa shape index (κ2) is 11.3. The van der Waals surface area contributed by atoms with Gasteiger partial charge in [0.25, 0.3) is 11.8 Å². The number of nitrogens with zero attached hydrogens (tertiary/aromatic N) is 2. The van der Waals surface area contributed by atoms with E-state index in [0.717, 1.165) is 16.7 Å². The van der Waals surface area contributed by atoms with E-state index >= 15 is 0 Å². The number of rotatable bonds is 7. The largest absolute Gasteiger partial charge is 0.494 e. The van der Waals surface area contributed by atoms with Crippen LogP contribution in [0, 0.1) is 20.8 Å². The third kappa shape index (κ3) is 6.46. The highest BCUT2D eigenvalue weighted by atomic mass is 16.5. The molecule has 7 heteroatoms. The van der Waals surface area contributed by atoms with Crippen molar-refractivity contribution in [2.75, 3.05) is 17.7 Å². The molecule has 0 bridgehead atoms. The number of ether oxygens (including phenoxy) is 1. The summed E-state index contributed by atoms with van der Waals surface area (Å²) in [4.78, 5) is 25.1. The highest BCUT2D eigenvalue weighted by Gasteiger charge is 2.13. The van der Waals surface area contributed by atoms with Gasteiger partial charge in [0.05, 0.1) is 24.2 Å². The smallest absolute Gasteiger partial charge is 0.255 e. The standard InChI is InChI=1S/C30H28N4O3/c1-19-5-9-22(10-6-19)29(35)31-24-13-15-25(16-14-24)33-34-26-18-28(37-4)27(17-21(26)3)32-30(36)23-11-7-20(2)8-12-23/h5-18H,1-4H3,(H,31,35)(H,32,36). The number of hydrogen-bond acceptors (Lipinski definition) is 5. The van der Waals surface area contributed by atoms with Gasteiger partial charge in [0.2, 0.25) is 0 Å². The normalized spacial score (nSPS) is 10.8. The molecule has 37 heavy (non-hydrogen) atoms. The molecule has 0 spiro atoms. The van der Waals surface area contributed by atoms with Crippen LogP contribution in [0.15, 0.2) is 95.2 Å².